The summed E-state index contributed by atoms with van der Waals surface area (Å²) in [6.45, 7) is 12.4. The lowest BCUT2D eigenvalue weighted by atomic mass is 9.85. The second kappa shape index (κ2) is 9.59. The van der Waals surface area contributed by atoms with Gasteiger partial charge in [0.2, 0.25) is 0 Å². The van der Waals surface area contributed by atoms with E-state index in [1.54, 1.807) is 0 Å². The molecule has 0 aliphatic carbocycles. The zero-order chi connectivity index (χ0) is 20.7. The number of hydrogen-bond donors (Lipinski definition) is 1. The van der Waals surface area contributed by atoms with Crippen LogP contribution < -0.4 is 10.5 Å². The monoisotopic (exact) mass is 379 g/mol. The van der Waals surface area contributed by atoms with E-state index in [0.29, 0.717) is 22.6 Å². The van der Waals surface area contributed by atoms with E-state index in [2.05, 4.69) is 46.4 Å². The van der Waals surface area contributed by atoms with Crippen molar-refractivity contribution >= 4 is 5.78 Å². The predicted octanol–water partition coefficient (Wildman–Crippen LogP) is 5.80. The summed E-state index contributed by atoms with van der Waals surface area (Å²) in [5.41, 5.74) is 9.59. The second-order valence-corrected chi connectivity index (χ2v) is 8.39. The maximum absolute atomic E-state index is 13.2. The van der Waals surface area contributed by atoms with Crippen LogP contribution in [-0.2, 0) is 11.8 Å². The molecular weight excluding hydrogens is 346 g/mol. The van der Waals surface area contributed by atoms with E-state index >= 15 is 0 Å². The third-order valence-corrected chi connectivity index (χ3v) is 4.79. The molecule has 0 unspecified atom stereocenters. The van der Waals surface area contributed by atoms with E-state index in [-0.39, 0.29) is 17.8 Å². The molecule has 0 spiro atoms. The van der Waals surface area contributed by atoms with Crippen molar-refractivity contribution < 1.29 is 9.53 Å². The fraction of sp³-hybridized carbons (Fsp3) is 0.400. The van der Waals surface area contributed by atoms with Gasteiger partial charge in [-0.25, -0.2) is 0 Å². The van der Waals surface area contributed by atoms with Gasteiger partial charge in [0, 0.05) is 11.3 Å². The van der Waals surface area contributed by atoms with Crippen LogP contribution in [0.3, 0.4) is 0 Å². The molecule has 2 rings (SSSR count). The lowest BCUT2D eigenvalue weighted by Crippen LogP contribution is -2.15. The summed E-state index contributed by atoms with van der Waals surface area (Å²) in [7, 11) is 0. The van der Waals surface area contributed by atoms with Gasteiger partial charge in [-0.05, 0) is 41.5 Å². The van der Waals surface area contributed by atoms with Crippen LogP contribution in [0.2, 0.25) is 0 Å². The number of aryl methyl sites for hydroxylation is 1. The number of rotatable bonds is 9. The summed E-state index contributed by atoms with van der Waals surface area (Å²) in [5, 5.41) is 0. The molecule has 0 saturated heterocycles. The molecule has 150 valence electrons. The van der Waals surface area contributed by atoms with Gasteiger partial charge in [-0.2, -0.15) is 0 Å². The summed E-state index contributed by atoms with van der Waals surface area (Å²) in [5.74, 6) is 0.500. The predicted molar refractivity (Wildman–Crippen MR) is 117 cm³/mol. The van der Waals surface area contributed by atoms with E-state index in [1.807, 2.05) is 30.3 Å². The molecule has 3 heteroatoms. The first-order valence-electron chi connectivity index (χ1n) is 10.1. The Morgan fingerprint density at radius 3 is 2.32 bits per heavy atom. The molecule has 28 heavy (non-hydrogen) atoms. The van der Waals surface area contributed by atoms with E-state index < -0.39 is 0 Å². The van der Waals surface area contributed by atoms with Gasteiger partial charge in [0.25, 0.3) is 0 Å². The molecule has 2 aromatic rings. The highest BCUT2D eigenvalue weighted by Gasteiger charge is 2.20. The summed E-state index contributed by atoms with van der Waals surface area (Å²) >= 11 is 0. The van der Waals surface area contributed by atoms with Crippen molar-refractivity contribution in [2.45, 2.75) is 58.8 Å². The maximum atomic E-state index is 13.2. The molecule has 0 atom stereocenters. The summed E-state index contributed by atoms with van der Waals surface area (Å²) in [6, 6.07) is 13.7. The average molecular weight is 380 g/mol. The van der Waals surface area contributed by atoms with E-state index in [9.17, 15) is 4.79 Å². The Morgan fingerprint density at radius 2 is 1.75 bits per heavy atom. The zero-order valence-corrected chi connectivity index (χ0v) is 17.7. The minimum atomic E-state index is -0.0613. The number of benzene rings is 2. The SMILES string of the molecule is C=C(N)COc1ccc(C(C)(C)C)cc1C(=O)c1ccc(CCCCC)cc1. The van der Waals surface area contributed by atoms with E-state index in [0.717, 1.165) is 12.0 Å². The van der Waals surface area contributed by atoms with Crippen molar-refractivity contribution in [3.8, 4) is 5.75 Å². The normalized spacial score (nSPS) is 11.3. The maximum Gasteiger partial charge on any atom is 0.196 e. The third-order valence-electron chi connectivity index (χ3n) is 4.79. The molecule has 0 aromatic heterocycles. The molecule has 0 aliphatic rings. The largest absolute Gasteiger partial charge is 0.487 e. The van der Waals surface area contributed by atoms with Crippen LogP contribution >= 0.6 is 0 Å². The standard InChI is InChI=1S/C25H33NO2/c1-6-7-8-9-19-10-12-20(13-11-19)24(27)22-16-21(25(3,4)5)14-15-23(22)28-17-18(2)26/h10-16H,2,6-9,17,26H2,1,3-5H3. The van der Waals surface area contributed by atoms with Crippen LogP contribution in [0.25, 0.3) is 0 Å². The smallest absolute Gasteiger partial charge is 0.196 e. The summed E-state index contributed by atoms with van der Waals surface area (Å²) < 4.78 is 5.75. The Kier molecular flexibility index (Phi) is 7.45. The van der Waals surface area contributed by atoms with Crippen molar-refractivity contribution in [2.75, 3.05) is 6.61 Å². The van der Waals surface area contributed by atoms with Crippen molar-refractivity contribution in [1.29, 1.82) is 0 Å². The molecule has 0 bridgehead atoms. The summed E-state index contributed by atoms with van der Waals surface area (Å²) in [4.78, 5) is 13.2. The zero-order valence-electron chi connectivity index (χ0n) is 17.7. The molecule has 0 heterocycles. The number of hydrogen-bond acceptors (Lipinski definition) is 3. The molecule has 2 N–H and O–H groups in total. The van der Waals surface area contributed by atoms with Crippen LogP contribution in [0.5, 0.6) is 5.75 Å². The third kappa shape index (κ3) is 5.98. The molecule has 0 saturated carbocycles. The first-order chi connectivity index (χ1) is 13.2. The lowest BCUT2D eigenvalue weighted by Gasteiger charge is -2.21. The van der Waals surface area contributed by atoms with Gasteiger partial charge in [-0.1, -0.05) is 77.4 Å². The van der Waals surface area contributed by atoms with Gasteiger partial charge in [-0.15, -0.1) is 0 Å². The fourth-order valence-electron chi connectivity index (χ4n) is 3.03. The number of ketones is 1. The quantitative estimate of drug-likeness (QED) is 0.442. The Labute approximate surface area is 169 Å². The Bertz CT molecular complexity index is 813. The summed E-state index contributed by atoms with van der Waals surface area (Å²) in [6.07, 6.45) is 4.67. The van der Waals surface area contributed by atoms with Crippen LogP contribution in [0, 0.1) is 0 Å². The number of nitrogens with two attached hydrogens (primary N) is 1. The van der Waals surface area contributed by atoms with Crippen molar-refractivity contribution in [3.05, 3.63) is 77.0 Å². The molecule has 3 nitrogen and oxygen atoms in total. The molecule has 0 fully saturated rings. The average Bonchev–Trinajstić information content (AvgIpc) is 2.65. The highest BCUT2D eigenvalue weighted by atomic mass is 16.5. The topological polar surface area (TPSA) is 52.3 Å². The molecular formula is C25H33NO2. The Balaban J connectivity index is 2.31. The minimum Gasteiger partial charge on any atom is -0.487 e. The van der Waals surface area contributed by atoms with Gasteiger partial charge in [-0.3, -0.25) is 4.79 Å². The van der Waals surface area contributed by atoms with E-state index in [4.69, 9.17) is 10.5 Å². The second-order valence-electron chi connectivity index (χ2n) is 8.39. The molecule has 0 radical (unpaired) electrons. The van der Waals surface area contributed by atoms with Gasteiger partial charge < -0.3 is 10.5 Å². The van der Waals surface area contributed by atoms with Crippen LogP contribution in [0.15, 0.2) is 54.7 Å². The van der Waals surface area contributed by atoms with Crippen LogP contribution in [0.4, 0.5) is 0 Å². The van der Waals surface area contributed by atoms with Crippen LogP contribution in [-0.4, -0.2) is 12.4 Å². The number of ether oxygens (including phenoxy) is 1. The first-order valence-corrected chi connectivity index (χ1v) is 10.1. The van der Waals surface area contributed by atoms with Gasteiger partial charge in [0.05, 0.1) is 5.56 Å². The highest BCUT2D eigenvalue weighted by Crippen LogP contribution is 2.30. The van der Waals surface area contributed by atoms with Crippen molar-refractivity contribution in [1.82, 2.24) is 0 Å². The number of carbonyl (C=O) groups excluding carboxylic acids is 1. The van der Waals surface area contributed by atoms with Crippen molar-refractivity contribution in [3.63, 3.8) is 0 Å². The van der Waals surface area contributed by atoms with Gasteiger partial charge in [0.1, 0.15) is 12.4 Å². The lowest BCUT2D eigenvalue weighted by molar-refractivity contribution is 0.103. The first kappa shape index (κ1) is 21.7. The number of unbranched alkanes of at least 4 members (excludes halogenated alkanes) is 2. The van der Waals surface area contributed by atoms with Gasteiger partial charge in [0.15, 0.2) is 5.78 Å². The van der Waals surface area contributed by atoms with Crippen molar-refractivity contribution in [2.24, 2.45) is 5.73 Å². The fourth-order valence-corrected chi connectivity index (χ4v) is 3.03. The molecule has 2 aromatic carbocycles. The Hall–Kier alpha value is -2.55. The minimum absolute atomic E-state index is 0.0381. The molecule has 0 aliphatic heterocycles. The van der Waals surface area contributed by atoms with Crippen LogP contribution in [0.1, 0.15) is 74.0 Å². The van der Waals surface area contributed by atoms with Gasteiger partial charge >= 0.3 is 0 Å². The Morgan fingerprint density at radius 1 is 1.07 bits per heavy atom. The molecule has 0 amide bonds. The number of carbonyl (C=O) groups is 1. The highest BCUT2D eigenvalue weighted by molar-refractivity contribution is 6.10. The van der Waals surface area contributed by atoms with E-state index in [1.165, 1.54) is 24.8 Å².